The lowest BCUT2D eigenvalue weighted by molar-refractivity contribution is 0.394. The molecule has 0 saturated carbocycles. The average molecular weight is 537 g/mol. The van der Waals surface area contributed by atoms with Crippen LogP contribution >= 0.6 is 0 Å². The summed E-state index contributed by atoms with van der Waals surface area (Å²) in [5.74, 6) is 4.32. The fourth-order valence-corrected chi connectivity index (χ4v) is 5.05. The lowest BCUT2D eigenvalue weighted by Gasteiger charge is -2.19. The Balaban J connectivity index is 1.94. The molecule has 0 saturated heterocycles. The number of rotatable bonds is 9. The number of benzene rings is 5. The Hall–Kier alpha value is -4.84. The molecule has 0 atom stereocenters. The largest absolute Gasteiger partial charge is 0.497 e. The third-order valence-electron chi connectivity index (χ3n) is 7.03. The first kappa shape index (κ1) is 26.8. The van der Waals surface area contributed by atoms with Crippen molar-refractivity contribution in [1.82, 2.24) is 0 Å². The van der Waals surface area contributed by atoms with Crippen LogP contribution in [0.4, 0.5) is 0 Å². The van der Waals surface area contributed by atoms with Crippen LogP contribution in [0.1, 0.15) is 16.7 Å². The quantitative estimate of drug-likeness (QED) is 0.143. The highest BCUT2D eigenvalue weighted by Gasteiger charge is 2.20. The maximum absolute atomic E-state index is 5.93. The zero-order valence-electron chi connectivity index (χ0n) is 23.5. The van der Waals surface area contributed by atoms with Crippen LogP contribution < -0.4 is 28.4 Å². The van der Waals surface area contributed by atoms with Gasteiger partial charge in [-0.1, -0.05) is 24.3 Å². The van der Waals surface area contributed by atoms with E-state index in [1.807, 2.05) is 66.7 Å². The zero-order valence-corrected chi connectivity index (χ0v) is 23.5. The predicted octanol–water partition coefficient (Wildman–Crippen LogP) is 7.63. The predicted molar refractivity (Wildman–Crippen MR) is 161 cm³/mol. The Morgan fingerprint density at radius 3 is 1.75 bits per heavy atom. The van der Waals surface area contributed by atoms with E-state index < -0.39 is 0 Å². The Labute approximate surface area is 234 Å². The molecular formula is C34H32O6. The van der Waals surface area contributed by atoms with Gasteiger partial charge in [-0.15, -0.1) is 0 Å². The first-order chi connectivity index (χ1) is 19.5. The molecule has 5 rings (SSSR count). The molecule has 0 aliphatic carbocycles. The molecule has 0 radical (unpaired) electrons. The van der Waals surface area contributed by atoms with Gasteiger partial charge >= 0.3 is 0 Å². The fraction of sp³-hybridized carbons (Fsp3) is 0.176. The van der Waals surface area contributed by atoms with Crippen LogP contribution in [0, 0.1) is 0 Å². The summed E-state index contributed by atoms with van der Waals surface area (Å²) < 4.78 is 34.1. The molecule has 0 heterocycles. The monoisotopic (exact) mass is 536 g/mol. The SMILES string of the molecule is COc1ccc(/C=C(\c2cc(OC)cc(OC)c2)c2cc3cccc(OC)c3c3c(OC)cc(OC)cc23)cc1. The molecular weight excluding hydrogens is 504 g/mol. The van der Waals surface area contributed by atoms with Gasteiger partial charge in [0.05, 0.1) is 42.7 Å². The summed E-state index contributed by atoms with van der Waals surface area (Å²) in [5, 5.41) is 3.87. The molecule has 0 aliphatic heterocycles. The van der Waals surface area contributed by atoms with Crippen LogP contribution in [0.5, 0.6) is 34.5 Å². The van der Waals surface area contributed by atoms with Crippen molar-refractivity contribution in [3.05, 3.63) is 95.6 Å². The van der Waals surface area contributed by atoms with Crippen molar-refractivity contribution < 1.29 is 28.4 Å². The van der Waals surface area contributed by atoms with Crippen molar-refractivity contribution in [1.29, 1.82) is 0 Å². The Morgan fingerprint density at radius 1 is 0.525 bits per heavy atom. The molecule has 0 amide bonds. The second kappa shape index (κ2) is 11.5. The fourth-order valence-electron chi connectivity index (χ4n) is 5.05. The van der Waals surface area contributed by atoms with Crippen molar-refractivity contribution in [2.24, 2.45) is 0 Å². The lowest BCUT2D eigenvalue weighted by atomic mass is 9.88. The van der Waals surface area contributed by atoms with E-state index in [2.05, 4.69) is 18.2 Å². The molecule has 0 unspecified atom stereocenters. The first-order valence-electron chi connectivity index (χ1n) is 12.8. The van der Waals surface area contributed by atoms with Crippen molar-refractivity contribution in [2.75, 3.05) is 42.7 Å². The number of ether oxygens (including phenoxy) is 6. The Kier molecular flexibility index (Phi) is 7.69. The van der Waals surface area contributed by atoms with Gasteiger partial charge in [0, 0.05) is 22.9 Å². The topological polar surface area (TPSA) is 55.4 Å². The van der Waals surface area contributed by atoms with Crippen molar-refractivity contribution in [3.63, 3.8) is 0 Å². The summed E-state index contributed by atoms with van der Waals surface area (Å²) in [6, 6.07) is 26.0. The van der Waals surface area contributed by atoms with Crippen LogP contribution in [0.15, 0.2) is 78.9 Å². The zero-order chi connectivity index (χ0) is 28.2. The van der Waals surface area contributed by atoms with Crippen LogP contribution in [0.25, 0.3) is 33.2 Å². The average Bonchev–Trinajstić information content (AvgIpc) is 3.02. The van der Waals surface area contributed by atoms with Gasteiger partial charge in [-0.2, -0.15) is 0 Å². The standard InChI is InChI=1S/C34H32O6/c1-35-24-12-10-21(11-13-24)14-28(23-15-25(36-2)18-26(16-23)37-3)29-17-22-8-7-9-31(39-5)33(22)34-30(29)19-27(38-4)20-32(34)40-6/h7-20H,1-6H3/b28-14+. The highest BCUT2D eigenvalue weighted by atomic mass is 16.5. The summed E-state index contributed by atoms with van der Waals surface area (Å²) >= 11 is 0. The van der Waals surface area contributed by atoms with Crippen molar-refractivity contribution >= 4 is 33.2 Å². The Bertz CT molecular complexity index is 1680. The summed E-state index contributed by atoms with van der Waals surface area (Å²) in [6.07, 6.45) is 2.15. The van der Waals surface area contributed by atoms with E-state index in [0.29, 0.717) is 23.0 Å². The molecule has 5 aromatic carbocycles. The number of fused-ring (bicyclic) bond motifs is 3. The van der Waals surface area contributed by atoms with Crippen molar-refractivity contribution in [2.45, 2.75) is 0 Å². The van der Waals surface area contributed by atoms with E-state index in [1.54, 1.807) is 42.7 Å². The van der Waals surface area contributed by atoms with E-state index in [-0.39, 0.29) is 0 Å². The summed E-state index contributed by atoms with van der Waals surface area (Å²) in [7, 11) is 9.97. The second-order valence-corrected chi connectivity index (χ2v) is 9.17. The third-order valence-corrected chi connectivity index (χ3v) is 7.03. The van der Waals surface area contributed by atoms with Gasteiger partial charge in [0.1, 0.15) is 34.5 Å². The maximum Gasteiger partial charge on any atom is 0.131 e. The van der Waals surface area contributed by atoms with Gasteiger partial charge in [-0.05, 0) is 81.6 Å². The van der Waals surface area contributed by atoms with E-state index in [1.165, 1.54) is 0 Å². The molecule has 0 N–H and O–H groups in total. The molecule has 204 valence electrons. The highest BCUT2D eigenvalue weighted by Crippen LogP contribution is 2.45. The van der Waals surface area contributed by atoms with Crippen LogP contribution in [-0.4, -0.2) is 42.7 Å². The summed E-state index contributed by atoms with van der Waals surface area (Å²) in [6.45, 7) is 0. The maximum atomic E-state index is 5.93. The minimum Gasteiger partial charge on any atom is -0.497 e. The molecule has 0 fully saturated rings. The van der Waals surface area contributed by atoms with Gasteiger partial charge in [-0.3, -0.25) is 0 Å². The molecule has 5 aromatic rings. The highest BCUT2D eigenvalue weighted by molar-refractivity contribution is 6.19. The molecule has 0 aliphatic rings. The van der Waals surface area contributed by atoms with Gasteiger partial charge in [-0.25, -0.2) is 0 Å². The van der Waals surface area contributed by atoms with Gasteiger partial charge in [0.2, 0.25) is 0 Å². The van der Waals surface area contributed by atoms with Crippen LogP contribution in [0.2, 0.25) is 0 Å². The van der Waals surface area contributed by atoms with E-state index in [4.69, 9.17) is 28.4 Å². The lowest BCUT2D eigenvalue weighted by Crippen LogP contribution is -1.98. The second-order valence-electron chi connectivity index (χ2n) is 9.17. The van der Waals surface area contributed by atoms with Gasteiger partial charge < -0.3 is 28.4 Å². The molecule has 6 nitrogen and oxygen atoms in total. The molecule has 6 heteroatoms. The first-order valence-corrected chi connectivity index (χ1v) is 12.8. The van der Waals surface area contributed by atoms with Crippen molar-refractivity contribution in [3.8, 4) is 34.5 Å². The number of hydrogen-bond donors (Lipinski definition) is 0. The molecule has 0 spiro atoms. The van der Waals surface area contributed by atoms with Crippen LogP contribution in [-0.2, 0) is 0 Å². The molecule has 40 heavy (non-hydrogen) atoms. The summed E-state index contributed by atoms with van der Waals surface area (Å²) in [5.41, 5.74) is 3.88. The smallest absolute Gasteiger partial charge is 0.131 e. The van der Waals surface area contributed by atoms with E-state index in [9.17, 15) is 0 Å². The van der Waals surface area contributed by atoms with Gasteiger partial charge in [0.15, 0.2) is 0 Å². The number of methoxy groups -OCH3 is 6. The minimum atomic E-state index is 0.687. The Morgan fingerprint density at radius 2 is 1.15 bits per heavy atom. The van der Waals surface area contributed by atoms with E-state index >= 15 is 0 Å². The van der Waals surface area contributed by atoms with Gasteiger partial charge in [0.25, 0.3) is 0 Å². The van der Waals surface area contributed by atoms with E-state index in [0.717, 1.165) is 55.3 Å². The van der Waals surface area contributed by atoms with Crippen LogP contribution in [0.3, 0.4) is 0 Å². The molecule has 0 bridgehead atoms. The normalized spacial score (nSPS) is 11.4. The summed E-state index contributed by atoms with van der Waals surface area (Å²) in [4.78, 5) is 0. The third kappa shape index (κ3) is 4.96. The number of hydrogen-bond acceptors (Lipinski definition) is 6. The minimum absolute atomic E-state index is 0.687. The molecule has 0 aromatic heterocycles.